The Morgan fingerprint density at radius 3 is 2.38 bits per heavy atom. The van der Waals surface area contributed by atoms with E-state index in [0.29, 0.717) is 13.2 Å². The van der Waals surface area contributed by atoms with Gasteiger partial charge in [-0.1, -0.05) is 18.2 Å². The molecule has 24 heavy (non-hydrogen) atoms. The zero-order valence-electron chi connectivity index (χ0n) is 13.7. The highest BCUT2D eigenvalue weighted by atomic mass is 16.6. The number of esters is 1. The van der Waals surface area contributed by atoms with E-state index >= 15 is 0 Å². The Morgan fingerprint density at radius 2 is 1.71 bits per heavy atom. The van der Waals surface area contributed by atoms with Gasteiger partial charge in [0.1, 0.15) is 12.4 Å². The van der Waals surface area contributed by atoms with Crippen LogP contribution in [0.3, 0.4) is 0 Å². The molecule has 0 amide bonds. The molecular weight excluding hydrogens is 312 g/mol. The maximum absolute atomic E-state index is 11.6. The lowest BCUT2D eigenvalue weighted by atomic mass is 10.2. The predicted octanol–water partition coefficient (Wildman–Crippen LogP) is 1.49. The van der Waals surface area contributed by atoms with Gasteiger partial charge in [0, 0.05) is 13.0 Å². The average molecular weight is 332 g/mol. The smallest absolute Gasteiger partial charge is 0.384 e. The third-order valence-corrected chi connectivity index (χ3v) is 2.72. The summed E-state index contributed by atoms with van der Waals surface area (Å²) in [5, 5.41) is 0. The van der Waals surface area contributed by atoms with Crippen molar-refractivity contribution < 1.29 is 28.5 Å². The van der Waals surface area contributed by atoms with Crippen molar-refractivity contribution >= 4 is 17.8 Å². The van der Waals surface area contributed by atoms with Gasteiger partial charge in [0.15, 0.2) is 0 Å². The van der Waals surface area contributed by atoms with E-state index in [0.717, 1.165) is 11.3 Å². The topological polar surface area (TPSA) is 71.1 Å². The van der Waals surface area contributed by atoms with Gasteiger partial charge in [-0.25, -0.2) is 4.79 Å². The Morgan fingerprint density at radius 1 is 1.00 bits per heavy atom. The average Bonchev–Trinajstić information content (AvgIpc) is 2.61. The molecule has 0 heterocycles. The Labute approximate surface area is 141 Å². The summed E-state index contributed by atoms with van der Waals surface area (Å²) >= 11 is 0. The summed E-state index contributed by atoms with van der Waals surface area (Å²) in [7, 11) is 3.15. The fraction of sp³-hybridized carbons (Fsp3) is 0.333. The molecule has 0 aliphatic rings. The zero-order chi connectivity index (χ0) is 17.6. The molecular formula is C18H20O6. The van der Waals surface area contributed by atoms with Crippen molar-refractivity contribution in [1.29, 1.82) is 0 Å². The molecule has 0 radical (unpaired) electrons. The fourth-order valence-electron chi connectivity index (χ4n) is 1.51. The van der Waals surface area contributed by atoms with Crippen molar-refractivity contribution in [2.45, 2.75) is 0 Å². The second-order valence-corrected chi connectivity index (χ2v) is 4.46. The molecule has 0 bridgehead atoms. The fourth-order valence-corrected chi connectivity index (χ4v) is 1.51. The number of benzene rings is 1. The molecule has 6 nitrogen and oxygen atoms in total. The van der Waals surface area contributed by atoms with Crippen LogP contribution in [-0.2, 0) is 23.8 Å². The molecule has 0 unspecified atom stereocenters. The molecule has 128 valence electrons. The van der Waals surface area contributed by atoms with Gasteiger partial charge >= 0.3 is 5.97 Å². The summed E-state index contributed by atoms with van der Waals surface area (Å²) in [6.07, 6.45) is 2.89. The van der Waals surface area contributed by atoms with Gasteiger partial charge < -0.3 is 18.9 Å². The zero-order valence-corrected chi connectivity index (χ0v) is 13.7. The van der Waals surface area contributed by atoms with Crippen molar-refractivity contribution in [2.75, 3.05) is 40.6 Å². The number of methoxy groups -OCH3 is 2. The normalized spacial score (nSPS) is 10.1. The lowest BCUT2D eigenvalue weighted by molar-refractivity contribution is -0.138. The minimum atomic E-state index is -0.767. The van der Waals surface area contributed by atoms with Crippen LogP contribution < -0.4 is 4.74 Å². The van der Waals surface area contributed by atoms with Gasteiger partial charge in [0.05, 0.1) is 26.9 Å². The third kappa shape index (κ3) is 8.73. The van der Waals surface area contributed by atoms with Crippen LogP contribution >= 0.6 is 0 Å². The van der Waals surface area contributed by atoms with Crippen molar-refractivity contribution in [3.8, 4) is 17.6 Å². The minimum absolute atomic E-state index is 0.0765. The Kier molecular flexibility index (Phi) is 9.62. The number of rotatable bonds is 9. The van der Waals surface area contributed by atoms with E-state index in [-0.39, 0.29) is 13.2 Å². The summed E-state index contributed by atoms with van der Waals surface area (Å²) in [6.45, 7) is 1.23. The highest BCUT2D eigenvalue weighted by molar-refractivity contribution is 6.09. The lowest BCUT2D eigenvalue weighted by Gasteiger charge is -2.02. The van der Waals surface area contributed by atoms with Gasteiger partial charge in [-0.2, -0.15) is 0 Å². The molecule has 0 aliphatic heterocycles. The standard InChI is InChI=1S/C18H20O6/c1-21-11-12-23-13-14-24-18(20)10-7-16(19)6-3-15-4-8-17(22-2)9-5-15/h3-6,8-9H,11-14H2,1-2H3/b6-3+. The van der Waals surface area contributed by atoms with Crippen LogP contribution in [0.2, 0.25) is 0 Å². The molecule has 0 saturated carbocycles. The highest BCUT2D eigenvalue weighted by Gasteiger charge is 1.98. The van der Waals surface area contributed by atoms with Gasteiger partial charge in [0.2, 0.25) is 5.78 Å². The molecule has 1 aromatic rings. The predicted molar refractivity (Wildman–Crippen MR) is 88.5 cm³/mol. The SMILES string of the molecule is COCCOCCOC(=O)C#CC(=O)/C=C/c1ccc(OC)cc1. The summed E-state index contributed by atoms with van der Waals surface area (Å²) < 4.78 is 19.7. The van der Waals surface area contributed by atoms with Crippen LogP contribution in [0, 0.1) is 11.8 Å². The first-order chi connectivity index (χ1) is 11.7. The molecule has 0 N–H and O–H groups in total. The van der Waals surface area contributed by atoms with E-state index in [4.69, 9.17) is 18.9 Å². The quantitative estimate of drug-likeness (QED) is 0.170. The number of hydrogen-bond donors (Lipinski definition) is 0. The first-order valence-corrected chi connectivity index (χ1v) is 7.27. The number of allylic oxidation sites excluding steroid dienone is 1. The summed E-state index contributed by atoms with van der Waals surface area (Å²) in [5.41, 5.74) is 0.821. The molecule has 0 atom stereocenters. The molecule has 0 aromatic heterocycles. The van der Waals surface area contributed by atoms with Gasteiger partial charge in [0.25, 0.3) is 0 Å². The molecule has 0 fully saturated rings. The van der Waals surface area contributed by atoms with Crippen molar-refractivity contribution in [2.24, 2.45) is 0 Å². The van der Waals surface area contributed by atoms with E-state index in [2.05, 4.69) is 11.8 Å². The van der Waals surface area contributed by atoms with Gasteiger partial charge in [-0.15, -0.1) is 0 Å². The molecule has 1 aromatic carbocycles. The van der Waals surface area contributed by atoms with Crippen LogP contribution in [0.5, 0.6) is 5.75 Å². The highest BCUT2D eigenvalue weighted by Crippen LogP contribution is 2.12. The van der Waals surface area contributed by atoms with E-state index in [1.807, 2.05) is 0 Å². The minimum Gasteiger partial charge on any atom is -0.497 e. The van der Waals surface area contributed by atoms with E-state index in [9.17, 15) is 9.59 Å². The Bertz CT molecular complexity index is 607. The molecule has 0 saturated heterocycles. The summed E-state index contributed by atoms with van der Waals surface area (Å²) in [4.78, 5) is 22.9. The summed E-state index contributed by atoms with van der Waals surface area (Å²) in [6, 6.07) is 7.16. The second kappa shape index (κ2) is 11.9. The van der Waals surface area contributed by atoms with E-state index < -0.39 is 11.8 Å². The van der Waals surface area contributed by atoms with Crippen molar-refractivity contribution in [3.05, 3.63) is 35.9 Å². The van der Waals surface area contributed by atoms with Crippen LogP contribution in [-0.4, -0.2) is 52.4 Å². The monoisotopic (exact) mass is 332 g/mol. The van der Waals surface area contributed by atoms with Gasteiger partial charge in [-0.05, 0) is 29.7 Å². The maximum Gasteiger partial charge on any atom is 0.384 e. The summed E-state index contributed by atoms with van der Waals surface area (Å²) in [5.74, 6) is 3.80. The van der Waals surface area contributed by atoms with Crippen LogP contribution in [0.1, 0.15) is 5.56 Å². The number of hydrogen-bond acceptors (Lipinski definition) is 6. The van der Waals surface area contributed by atoms with Crippen LogP contribution in [0.15, 0.2) is 30.3 Å². The molecule has 6 heteroatoms. The Balaban J connectivity index is 2.32. The molecule has 1 rings (SSSR count). The first-order valence-electron chi connectivity index (χ1n) is 7.27. The van der Waals surface area contributed by atoms with Crippen LogP contribution in [0.25, 0.3) is 6.08 Å². The largest absolute Gasteiger partial charge is 0.497 e. The van der Waals surface area contributed by atoms with Crippen molar-refractivity contribution in [3.63, 3.8) is 0 Å². The molecule has 0 spiro atoms. The van der Waals surface area contributed by atoms with Crippen molar-refractivity contribution in [1.82, 2.24) is 0 Å². The number of ketones is 1. The van der Waals surface area contributed by atoms with E-state index in [1.54, 1.807) is 44.6 Å². The lowest BCUT2D eigenvalue weighted by Crippen LogP contribution is -2.11. The third-order valence-electron chi connectivity index (χ3n) is 2.72. The maximum atomic E-state index is 11.6. The number of ether oxygens (including phenoxy) is 4. The number of carbonyl (C=O) groups excluding carboxylic acids is 2. The Hall–Kier alpha value is -2.62. The van der Waals surface area contributed by atoms with Gasteiger partial charge in [-0.3, -0.25) is 4.79 Å². The number of carbonyl (C=O) groups is 2. The molecule has 0 aliphatic carbocycles. The van der Waals surface area contributed by atoms with E-state index in [1.165, 1.54) is 6.08 Å². The van der Waals surface area contributed by atoms with Crippen LogP contribution in [0.4, 0.5) is 0 Å². The first kappa shape index (κ1) is 19.4. The second-order valence-electron chi connectivity index (χ2n) is 4.46.